The van der Waals surface area contributed by atoms with Crippen LogP contribution in [0.2, 0.25) is 0 Å². The van der Waals surface area contributed by atoms with Crippen molar-refractivity contribution in [3.8, 4) is 11.1 Å². The number of anilines is 1. The highest BCUT2D eigenvalue weighted by Crippen LogP contribution is 2.41. The molecule has 3 aromatic rings. The van der Waals surface area contributed by atoms with Crippen LogP contribution in [0.3, 0.4) is 0 Å². The number of aromatic nitrogens is 1. The van der Waals surface area contributed by atoms with E-state index in [4.69, 9.17) is 4.74 Å². The predicted octanol–water partition coefficient (Wildman–Crippen LogP) is 2.12. The number of amides is 1. The third-order valence-electron chi connectivity index (χ3n) is 6.31. The highest BCUT2D eigenvalue weighted by molar-refractivity contribution is 7.90. The fourth-order valence-corrected chi connectivity index (χ4v) is 5.49. The molecule has 1 amide bonds. The number of hydrogen-bond acceptors (Lipinski definition) is 9. The molecule has 4 atom stereocenters. The predicted molar refractivity (Wildman–Crippen MR) is 136 cm³/mol. The van der Waals surface area contributed by atoms with Crippen LogP contribution in [-0.2, 0) is 26.1 Å². The second-order valence-corrected chi connectivity index (χ2v) is 10.7. The molecule has 1 aromatic heterocycles. The van der Waals surface area contributed by atoms with Gasteiger partial charge in [0.25, 0.3) is 10.0 Å². The molecule has 2 aliphatic heterocycles. The lowest BCUT2D eigenvalue weighted by atomic mass is 10.0. The van der Waals surface area contributed by atoms with Crippen LogP contribution in [0.15, 0.2) is 70.7 Å². The normalized spacial score (nSPS) is 23.1. The average molecular weight is 526 g/mol. The van der Waals surface area contributed by atoms with Gasteiger partial charge in [0.15, 0.2) is 6.23 Å². The lowest BCUT2D eigenvalue weighted by Crippen LogP contribution is -2.31. The van der Waals surface area contributed by atoms with Crippen LogP contribution < -0.4 is 10.1 Å². The quantitative estimate of drug-likeness (QED) is 0.383. The fraction of sp³-hybridized carbons (Fsp3) is 0.280. The van der Waals surface area contributed by atoms with Gasteiger partial charge in [-0.2, -0.15) is 0 Å². The maximum absolute atomic E-state index is 12.2. The minimum absolute atomic E-state index is 0.0298. The molecule has 1 saturated heterocycles. The first-order valence-corrected chi connectivity index (χ1v) is 13.1. The molecule has 0 aliphatic carbocycles. The van der Waals surface area contributed by atoms with Gasteiger partial charge in [-0.3, -0.25) is 15.2 Å². The van der Waals surface area contributed by atoms with E-state index >= 15 is 0 Å². The van der Waals surface area contributed by atoms with Crippen molar-refractivity contribution in [2.24, 2.45) is 4.99 Å². The van der Waals surface area contributed by atoms with E-state index in [1.807, 2.05) is 41.3 Å². The minimum atomic E-state index is -3.92. The zero-order valence-corrected chi connectivity index (χ0v) is 21.0. The summed E-state index contributed by atoms with van der Waals surface area (Å²) in [5, 5.41) is 22.6. The van der Waals surface area contributed by atoms with Crippen molar-refractivity contribution >= 4 is 33.8 Å². The van der Waals surface area contributed by atoms with Crippen molar-refractivity contribution in [1.82, 2.24) is 14.3 Å². The van der Waals surface area contributed by atoms with E-state index in [1.54, 1.807) is 35.0 Å². The second-order valence-electron chi connectivity index (χ2n) is 9.00. The van der Waals surface area contributed by atoms with Gasteiger partial charge in [-0.05, 0) is 36.8 Å². The summed E-state index contributed by atoms with van der Waals surface area (Å²) in [6.07, 6.45) is 0.0466. The number of sulfonamides is 1. The molecule has 11 nitrogen and oxygen atoms in total. The molecule has 12 heteroatoms. The largest absolute Gasteiger partial charge is 0.388 e. The molecule has 194 valence electrons. The monoisotopic (exact) mass is 525 g/mol. The lowest BCUT2D eigenvalue weighted by molar-refractivity contribution is -0.117. The van der Waals surface area contributed by atoms with Gasteiger partial charge in [-0.25, -0.2) is 18.1 Å². The number of benzene rings is 2. The molecular weight excluding hydrogens is 498 g/mol. The molecule has 5 rings (SSSR count). The Bertz CT molecular complexity index is 1440. The van der Waals surface area contributed by atoms with Gasteiger partial charge in [0, 0.05) is 24.2 Å². The molecular formula is C25H27N5O6S. The number of fused-ring (bicyclic) bond motifs is 1. The van der Waals surface area contributed by atoms with Gasteiger partial charge >= 0.3 is 0 Å². The van der Waals surface area contributed by atoms with Gasteiger partial charge in [0.05, 0.1) is 23.2 Å². The highest BCUT2D eigenvalue weighted by Gasteiger charge is 2.42. The number of carbonyl (C=O) groups excluding carboxylic acids is 1. The van der Waals surface area contributed by atoms with Crippen LogP contribution in [0.25, 0.3) is 11.1 Å². The van der Waals surface area contributed by atoms with Crippen LogP contribution in [-0.4, -0.2) is 58.8 Å². The third-order valence-corrected chi connectivity index (χ3v) is 7.76. The number of hydrogen-bond donors (Lipinski definition) is 4. The summed E-state index contributed by atoms with van der Waals surface area (Å²) >= 11 is 0. The second kappa shape index (κ2) is 9.63. The number of aliphatic hydroxyl groups is 2. The van der Waals surface area contributed by atoms with Crippen molar-refractivity contribution < 1.29 is 28.2 Å². The smallest absolute Gasteiger partial charge is 0.264 e. The first-order valence-electron chi connectivity index (χ1n) is 11.7. The first-order chi connectivity index (χ1) is 17.6. The van der Waals surface area contributed by atoms with E-state index in [1.165, 1.54) is 12.1 Å². The van der Waals surface area contributed by atoms with E-state index in [9.17, 15) is 23.4 Å². The van der Waals surface area contributed by atoms with Crippen LogP contribution in [0.4, 0.5) is 11.5 Å². The standard InChI is InChI=1S/C25H27N5O6S/c1-15-22(32)23(33)25(36-15)30-13-20(17-6-4-3-5-7-17)21-12-29(14-26-24(21)30)27-18-8-10-19(11-9-18)37(34,35)28-16(2)31/h3-11,13-15,22-23,25,27,32-33H,12H2,1-2H3,(H,28,31)/t15-,22-,23-,25-/m1/s1. The topological polar surface area (TPSA) is 145 Å². The van der Waals surface area contributed by atoms with Crippen LogP contribution in [0.5, 0.6) is 0 Å². The highest BCUT2D eigenvalue weighted by atomic mass is 32.2. The first kappa shape index (κ1) is 25.0. The lowest BCUT2D eigenvalue weighted by Gasteiger charge is -2.26. The summed E-state index contributed by atoms with van der Waals surface area (Å²) in [5.41, 5.74) is 6.56. The Morgan fingerprint density at radius 3 is 2.41 bits per heavy atom. The summed E-state index contributed by atoms with van der Waals surface area (Å²) in [6.45, 7) is 3.25. The van der Waals surface area contributed by atoms with Crippen molar-refractivity contribution in [3.63, 3.8) is 0 Å². The van der Waals surface area contributed by atoms with E-state index < -0.39 is 40.5 Å². The average Bonchev–Trinajstić information content (AvgIpc) is 3.36. The molecule has 1 fully saturated rings. The van der Waals surface area contributed by atoms with Gasteiger partial charge in [0.1, 0.15) is 24.4 Å². The molecule has 3 heterocycles. The Hall–Kier alpha value is -3.71. The van der Waals surface area contributed by atoms with E-state index in [-0.39, 0.29) is 4.90 Å². The zero-order chi connectivity index (χ0) is 26.3. The Kier molecular flexibility index (Phi) is 6.50. The number of carbonyl (C=O) groups is 1. The minimum Gasteiger partial charge on any atom is -0.388 e. The Balaban J connectivity index is 1.43. The molecule has 2 aliphatic rings. The molecule has 37 heavy (non-hydrogen) atoms. The van der Waals surface area contributed by atoms with Gasteiger partial charge < -0.3 is 19.5 Å². The SMILES string of the molecule is CC(=O)NS(=O)(=O)c1ccc(NN2C=Nc3c(c(-c4ccccc4)cn3[C@@H]3O[C@H](C)[C@@H](O)[C@H]3O)C2)cc1. The fourth-order valence-electron chi connectivity index (χ4n) is 4.50. The van der Waals surface area contributed by atoms with Gasteiger partial charge in [0.2, 0.25) is 5.91 Å². The summed E-state index contributed by atoms with van der Waals surface area (Å²) in [5.74, 6) is -0.0535. The summed E-state index contributed by atoms with van der Waals surface area (Å²) in [4.78, 5) is 15.8. The summed E-state index contributed by atoms with van der Waals surface area (Å²) < 4.78 is 33.9. The van der Waals surface area contributed by atoms with E-state index in [0.29, 0.717) is 18.1 Å². The van der Waals surface area contributed by atoms with Crippen molar-refractivity contribution in [2.75, 3.05) is 5.43 Å². The Labute approximate surface area is 214 Å². The van der Waals surface area contributed by atoms with Gasteiger partial charge in [-0.1, -0.05) is 30.3 Å². The van der Waals surface area contributed by atoms with Crippen LogP contribution in [0.1, 0.15) is 25.6 Å². The van der Waals surface area contributed by atoms with Crippen molar-refractivity contribution in [1.29, 1.82) is 0 Å². The number of aliphatic imine (C=N–C) groups is 1. The van der Waals surface area contributed by atoms with Crippen molar-refractivity contribution in [3.05, 3.63) is 66.4 Å². The summed E-state index contributed by atoms with van der Waals surface area (Å²) in [7, 11) is -3.92. The maximum Gasteiger partial charge on any atom is 0.264 e. The molecule has 0 unspecified atom stereocenters. The third kappa shape index (κ3) is 4.83. The van der Waals surface area contributed by atoms with Gasteiger partial charge in [-0.15, -0.1) is 0 Å². The number of rotatable bonds is 6. The molecule has 0 saturated carbocycles. The molecule has 4 N–H and O–H groups in total. The Morgan fingerprint density at radius 2 is 1.78 bits per heavy atom. The molecule has 0 bridgehead atoms. The van der Waals surface area contributed by atoms with Crippen molar-refractivity contribution in [2.45, 2.75) is 49.8 Å². The maximum atomic E-state index is 12.2. The number of aliphatic hydroxyl groups excluding tert-OH is 2. The molecule has 2 aromatic carbocycles. The number of hydrazine groups is 1. The molecule has 0 spiro atoms. The van der Waals surface area contributed by atoms with E-state index in [0.717, 1.165) is 23.6 Å². The zero-order valence-electron chi connectivity index (χ0n) is 20.1. The summed E-state index contributed by atoms with van der Waals surface area (Å²) in [6, 6.07) is 15.7. The molecule has 0 radical (unpaired) electrons. The van der Waals surface area contributed by atoms with Crippen LogP contribution >= 0.6 is 0 Å². The number of nitrogens with zero attached hydrogens (tertiary/aromatic N) is 3. The van der Waals surface area contributed by atoms with Crippen LogP contribution in [0, 0.1) is 0 Å². The Morgan fingerprint density at radius 1 is 1.08 bits per heavy atom. The number of ether oxygens (including phenoxy) is 1. The number of nitrogens with one attached hydrogen (secondary N) is 2. The van der Waals surface area contributed by atoms with E-state index in [2.05, 4.69) is 10.4 Å².